The molecule has 1 aliphatic rings. The molecule has 0 radical (unpaired) electrons. The maximum absolute atomic E-state index is 12.2. The van der Waals surface area contributed by atoms with Crippen molar-refractivity contribution in [2.24, 2.45) is 0 Å². The van der Waals surface area contributed by atoms with Crippen molar-refractivity contribution in [1.29, 1.82) is 0 Å². The van der Waals surface area contributed by atoms with Crippen LogP contribution in [0.2, 0.25) is 0 Å². The van der Waals surface area contributed by atoms with E-state index in [4.69, 9.17) is 9.47 Å². The fourth-order valence-corrected chi connectivity index (χ4v) is 4.43. The van der Waals surface area contributed by atoms with Gasteiger partial charge in [-0.15, -0.1) is 0 Å². The van der Waals surface area contributed by atoms with E-state index in [1.54, 1.807) is 13.0 Å². The van der Waals surface area contributed by atoms with Crippen LogP contribution in [0.15, 0.2) is 23.5 Å². The number of aromatic nitrogens is 3. The normalized spacial score (nSPS) is 15.1. The predicted octanol–water partition coefficient (Wildman–Crippen LogP) is 2.25. The SMILES string of the molecule is CCCS(=O)(=O)c1ccc(Nc2ncnc(OC3CCNCC3)c2OC)c(C)n1. The quantitative estimate of drug-likeness (QED) is 0.662. The summed E-state index contributed by atoms with van der Waals surface area (Å²) in [4.78, 5) is 12.7. The number of nitrogens with one attached hydrogen (secondary N) is 2. The standard InChI is InChI=1S/C19H27N5O4S/c1-4-11-29(25,26)16-6-5-15(13(2)23-16)24-18-17(27-3)19(22-12-21-18)28-14-7-9-20-10-8-14/h5-6,12,14,20H,4,7-11H2,1-3H3,(H,21,22,24). The number of nitrogens with zero attached hydrogens (tertiary/aromatic N) is 3. The number of piperidine rings is 1. The lowest BCUT2D eigenvalue weighted by Gasteiger charge is -2.24. The van der Waals surface area contributed by atoms with E-state index in [0.29, 0.717) is 35.2 Å². The highest BCUT2D eigenvalue weighted by Gasteiger charge is 2.21. The first-order valence-corrected chi connectivity index (χ1v) is 11.3. The van der Waals surface area contributed by atoms with Crippen LogP contribution in [0.3, 0.4) is 0 Å². The minimum Gasteiger partial charge on any atom is -0.489 e. The molecule has 0 spiro atoms. The molecule has 1 saturated heterocycles. The van der Waals surface area contributed by atoms with Crippen LogP contribution in [0.25, 0.3) is 0 Å². The zero-order chi connectivity index (χ0) is 20.9. The van der Waals surface area contributed by atoms with Crippen molar-refractivity contribution in [3.05, 3.63) is 24.2 Å². The highest BCUT2D eigenvalue weighted by Crippen LogP contribution is 2.34. The molecule has 2 N–H and O–H groups in total. The van der Waals surface area contributed by atoms with E-state index >= 15 is 0 Å². The Balaban J connectivity index is 1.83. The number of aryl methyl sites for hydroxylation is 1. The minimum absolute atomic E-state index is 0.0689. The van der Waals surface area contributed by atoms with Crippen molar-refractivity contribution < 1.29 is 17.9 Å². The summed E-state index contributed by atoms with van der Waals surface area (Å²) in [6, 6.07) is 3.18. The van der Waals surface area contributed by atoms with Crippen molar-refractivity contribution in [1.82, 2.24) is 20.3 Å². The summed E-state index contributed by atoms with van der Waals surface area (Å²) in [5.41, 5.74) is 1.17. The third kappa shape index (κ3) is 5.13. The Bertz CT molecular complexity index is 946. The topological polar surface area (TPSA) is 115 Å². The lowest BCUT2D eigenvalue weighted by Crippen LogP contribution is -2.34. The molecule has 0 unspecified atom stereocenters. The van der Waals surface area contributed by atoms with Gasteiger partial charge in [-0.25, -0.2) is 18.4 Å². The first kappa shape index (κ1) is 21.3. The molecular weight excluding hydrogens is 394 g/mol. The molecule has 3 heterocycles. The molecule has 0 bridgehead atoms. The molecule has 158 valence electrons. The molecule has 29 heavy (non-hydrogen) atoms. The zero-order valence-corrected chi connectivity index (χ0v) is 17.8. The molecule has 0 aromatic carbocycles. The maximum atomic E-state index is 12.2. The number of hydrogen-bond donors (Lipinski definition) is 2. The van der Waals surface area contributed by atoms with Gasteiger partial charge >= 0.3 is 0 Å². The Morgan fingerprint density at radius 2 is 2.00 bits per heavy atom. The van der Waals surface area contributed by atoms with Crippen molar-refractivity contribution >= 4 is 21.3 Å². The molecule has 0 saturated carbocycles. The van der Waals surface area contributed by atoms with E-state index in [1.165, 1.54) is 19.5 Å². The first-order chi connectivity index (χ1) is 13.9. The second kappa shape index (κ2) is 9.36. The fourth-order valence-electron chi connectivity index (χ4n) is 3.13. The number of pyridine rings is 1. The Kier molecular flexibility index (Phi) is 6.86. The number of hydrogen-bond acceptors (Lipinski definition) is 9. The van der Waals surface area contributed by atoms with E-state index in [9.17, 15) is 8.42 Å². The summed E-state index contributed by atoms with van der Waals surface area (Å²) in [6.45, 7) is 5.38. The van der Waals surface area contributed by atoms with Gasteiger partial charge in [0.15, 0.2) is 20.7 Å². The Labute approximate surface area is 171 Å². The number of rotatable bonds is 8. The van der Waals surface area contributed by atoms with Crippen LogP contribution in [0, 0.1) is 6.92 Å². The van der Waals surface area contributed by atoms with Gasteiger partial charge in [-0.2, -0.15) is 4.98 Å². The van der Waals surface area contributed by atoms with Crippen LogP contribution < -0.4 is 20.1 Å². The highest BCUT2D eigenvalue weighted by atomic mass is 32.2. The minimum atomic E-state index is -3.37. The molecule has 9 nitrogen and oxygen atoms in total. The summed E-state index contributed by atoms with van der Waals surface area (Å²) in [5, 5.41) is 6.53. The van der Waals surface area contributed by atoms with Crippen LogP contribution in [0.1, 0.15) is 31.9 Å². The third-order valence-corrected chi connectivity index (χ3v) is 6.45. The van der Waals surface area contributed by atoms with Gasteiger partial charge < -0.3 is 20.1 Å². The van der Waals surface area contributed by atoms with Crippen molar-refractivity contribution in [2.45, 2.75) is 44.2 Å². The van der Waals surface area contributed by atoms with Crippen molar-refractivity contribution in [3.63, 3.8) is 0 Å². The van der Waals surface area contributed by atoms with Crippen LogP contribution in [0.4, 0.5) is 11.5 Å². The van der Waals surface area contributed by atoms with Gasteiger partial charge in [-0.05, 0) is 51.4 Å². The number of sulfone groups is 1. The summed E-state index contributed by atoms with van der Waals surface area (Å²) < 4.78 is 36.0. The van der Waals surface area contributed by atoms with Gasteiger partial charge in [0.1, 0.15) is 12.4 Å². The first-order valence-electron chi connectivity index (χ1n) is 9.68. The monoisotopic (exact) mass is 421 g/mol. The second-order valence-corrected chi connectivity index (χ2v) is 8.91. The highest BCUT2D eigenvalue weighted by molar-refractivity contribution is 7.91. The smallest absolute Gasteiger partial charge is 0.262 e. The number of ether oxygens (including phenoxy) is 2. The fraction of sp³-hybridized carbons (Fsp3) is 0.526. The van der Waals surface area contributed by atoms with Crippen LogP contribution in [-0.4, -0.2) is 55.4 Å². The van der Waals surface area contributed by atoms with E-state index < -0.39 is 9.84 Å². The van der Waals surface area contributed by atoms with Gasteiger partial charge in [-0.1, -0.05) is 6.92 Å². The van der Waals surface area contributed by atoms with E-state index in [2.05, 4.69) is 25.6 Å². The summed E-state index contributed by atoms with van der Waals surface area (Å²) in [5.74, 6) is 1.28. The van der Waals surface area contributed by atoms with Gasteiger partial charge in [0, 0.05) is 0 Å². The Morgan fingerprint density at radius 3 is 2.66 bits per heavy atom. The number of methoxy groups -OCH3 is 1. The van der Waals surface area contributed by atoms with Gasteiger partial charge in [0.25, 0.3) is 5.88 Å². The number of anilines is 2. The van der Waals surface area contributed by atoms with Crippen molar-refractivity contribution in [3.8, 4) is 11.6 Å². The van der Waals surface area contributed by atoms with Gasteiger partial charge in [-0.3, -0.25) is 0 Å². The van der Waals surface area contributed by atoms with Crippen molar-refractivity contribution in [2.75, 3.05) is 31.3 Å². The van der Waals surface area contributed by atoms with Gasteiger partial charge in [0.05, 0.1) is 24.2 Å². The Morgan fingerprint density at radius 1 is 1.24 bits per heavy atom. The molecule has 1 aliphatic heterocycles. The van der Waals surface area contributed by atoms with E-state index in [-0.39, 0.29) is 16.9 Å². The lowest BCUT2D eigenvalue weighted by atomic mass is 10.1. The molecule has 2 aromatic heterocycles. The van der Waals surface area contributed by atoms with Crippen LogP contribution in [-0.2, 0) is 9.84 Å². The van der Waals surface area contributed by atoms with E-state index in [0.717, 1.165) is 25.9 Å². The third-order valence-electron chi connectivity index (χ3n) is 4.64. The predicted molar refractivity (Wildman–Crippen MR) is 110 cm³/mol. The van der Waals surface area contributed by atoms with Gasteiger partial charge in [0.2, 0.25) is 5.75 Å². The molecule has 3 rings (SSSR count). The summed E-state index contributed by atoms with van der Waals surface area (Å²) >= 11 is 0. The second-order valence-electron chi connectivity index (χ2n) is 6.85. The molecule has 0 atom stereocenters. The molecule has 10 heteroatoms. The van der Waals surface area contributed by atoms with E-state index in [1.807, 2.05) is 6.92 Å². The average Bonchev–Trinajstić information content (AvgIpc) is 2.70. The largest absolute Gasteiger partial charge is 0.489 e. The Hall–Kier alpha value is -2.46. The van der Waals surface area contributed by atoms with Crippen LogP contribution in [0.5, 0.6) is 11.6 Å². The summed E-state index contributed by atoms with van der Waals surface area (Å²) in [7, 11) is -1.84. The molecule has 0 aliphatic carbocycles. The molecule has 2 aromatic rings. The lowest BCUT2D eigenvalue weighted by molar-refractivity contribution is 0.149. The maximum Gasteiger partial charge on any atom is 0.262 e. The molecule has 1 fully saturated rings. The zero-order valence-electron chi connectivity index (χ0n) is 16.9. The molecular formula is C19H27N5O4S. The average molecular weight is 422 g/mol. The molecule has 0 amide bonds. The van der Waals surface area contributed by atoms with Crippen LogP contribution >= 0.6 is 0 Å². The summed E-state index contributed by atoms with van der Waals surface area (Å²) in [6.07, 6.45) is 3.81.